The summed E-state index contributed by atoms with van der Waals surface area (Å²) >= 11 is 7.74. The van der Waals surface area contributed by atoms with E-state index >= 15 is 0 Å². The molecule has 0 saturated carbocycles. The fourth-order valence-electron chi connectivity index (χ4n) is 2.54. The van der Waals surface area contributed by atoms with Crippen molar-refractivity contribution in [3.8, 4) is 0 Å². The van der Waals surface area contributed by atoms with Gasteiger partial charge in [0, 0.05) is 36.5 Å². The van der Waals surface area contributed by atoms with E-state index in [1.165, 1.54) is 0 Å². The van der Waals surface area contributed by atoms with Crippen LogP contribution in [0.25, 0.3) is 5.65 Å². The first-order chi connectivity index (χ1) is 10.6. The normalized spacial score (nSPS) is 13.5. The van der Waals surface area contributed by atoms with Gasteiger partial charge in [0.2, 0.25) is 0 Å². The number of aryl methyl sites for hydroxylation is 1. The number of carbonyl (C=O) groups excluding carboxylic acids is 1. The van der Waals surface area contributed by atoms with Gasteiger partial charge in [-0.15, -0.1) is 0 Å². The van der Waals surface area contributed by atoms with Crippen molar-refractivity contribution in [2.45, 2.75) is 11.5 Å². The standard InChI is InChI=1S/C14H12ClN5OS/c1-19-13(9-6-22-7-11(9)18-19)17-14(21)10-5-20-4-8(15)2-3-12(20)16-10/h2-5H,6-7H2,1H3,(H,17,21). The number of fused-ring (bicyclic) bond motifs is 2. The van der Waals surface area contributed by atoms with E-state index in [-0.39, 0.29) is 5.91 Å². The van der Waals surface area contributed by atoms with Crippen molar-refractivity contribution in [2.24, 2.45) is 7.05 Å². The zero-order valence-corrected chi connectivity index (χ0v) is 13.3. The Balaban J connectivity index is 1.66. The molecule has 0 atom stereocenters. The Morgan fingerprint density at radius 2 is 2.23 bits per heavy atom. The van der Waals surface area contributed by atoms with Crippen LogP contribution in [-0.2, 0) is 18.6 Å². The van der Waals surface area contributed by atoms with Gasteiger partial charge in [0.15, 0.2) is 0 Å². The molecule has 0 saturated heterocycles. The van der Waals surface area contributed by atoms with Crippen molar-refractivity contribution >= 4 is 40.7 Å². The Morgan fingerprint density at radius 3 is 3.09 bits per heavy atom. The van der Waals surface area contributed by atoms with E-state index in [1.807, 2.05) is 7.05 Å². The van der Waals surface area contributed by atoms with Gasteiger partial charge < -0.3 is 9.72 Å². The van der Waals surface area contributed by atoms with Gasteiger partial charge in [-0.3, -0.25) is 9.48 Å². The van der Waals surface area contributed by atoms with Gasteiger partial charge in [-0.2, -0.15) is 16.9 Å². The summed E-state index contributed by atoms with van der Waals surface area (Å²) < 4.78 is 3.45. The molecule has 3 aromatic heterocycles. The predicted octanol–water partition coefficient (Wildman–Crippen LogP) is 2.72. The van der Waals surface area contributed by atoms with E-state index in [9.17, 15) is 4.79 Å². The number of amides is 1. The van der Waals surface area contributed by atoms with Crippen LogP contribution in [0.15, 0.2) is 24.5 Å². The number of anilines is 1. The summed E-state index contributed by atoms with van der Waals surface area (Å²) in [6.45, 7) is 0. The van der Waals surface area contributed by atoms with Crippen molar-refractivity contribution in [1.82, 2.24) is 19.2 Å². The number of thioether (sulfide) groups is 1. The van der Waals surface area contributed by atoms with Gasteiger partial charge >= 0.3 is 0 Å². The number of nitrogens with zero attached hydrogens (tertiary/aromatic N) is 4. The number of rotatable bonds is 2. The molecule has 0 aromatic carbocycles. The van der Waals surface area contributed by atoms with Crippen LogP contribution < -0.4 is 5.32 Å². The third-order valence-electron chi connectivity index (χ3n) is 3.59. The molecule has 0 radical (unpaired) electrons. The van der Waals surface area contributed by atoms with Crippen molar-refractivity contribution < 1.29 is 4.79 Å². The van der Waals surface area contributed by atoms with Crippen molar-refractivity contribution in [3.05, 3.63) is 46.5 Å². The third kappa shape index (κ3) is 2.17. The van der Waals surface area contributed by atoms with Gasteiger partial charge in [0.05, 0.1) is 10.7 Å². The second-order valence-electron chi connectivity index (χ2n) is 5.08. The van der Waals surface area contributed by atoms with E-state index in [0.717, 1.165) is 28.6 Å². The van der Waals surface area contributed by atoms with E-state index in [0.29, 0.717) is 16.4 Å². The van der Waals surface area contributed by atoms with E-state index < -0.39 is 0 Å². The Kier molecular flexibility index (Phi) is 3.12. The quantitative estimate of drug-likeness (QED) is 0.783. The maximum Gasteiger partial charge on any atom is 0.277 e. The summed E-state index contributed by atoms with van der Waals surface area (Å²) in [7, 11) is 1.84. The monoisotopic (exact) mass is 333 g/mol. The smallest absolute Gasteiger partial charge is 0.277 e. The Labute approximate surface area is 135 Å². The molecule has 1 amide bonds. The molecule has 3 aromatic rings. The molecule has 0 fully saturated rings. The summed E-state index contributed by atoms with van der Waals surface area (Å²) in [6.07, 6.45) is 3.39. The van der Waals surface area contributed by atoms with Crippen molar-refractivity contribution in [2.75, 3.05) is 5.32 Å². The van der Waals surface area contributed by atoms with Crippen LogP contribution in [0, 0.1) is 0 Å². The minimum atomic E-state index is -0.248. The number of aromatic nitrogens is 4. The number of hydrogen-bond acceptors (Lipinski definition) is 4. The molecule has 0 spiro atoms. The highest BCUT2D eigenvalue weighted by molar-refractivity contribution is 7.98. The fraction of sp³-hybridized carbons (Fsp3) is 0.214. The van der Waals surface area contributed by atoms with Crippen LogP contribution in [0.4, 0.5) is 5.82 Å². The van der Waals surface area contributed by atoms with Gasteiger partial charge in [0.1, 0.15) is 17.2 Å². The summed E-state index contributed by atoms with van der Waals surface area (Å²) in [6, 6.07) is 3.52. The van der Waals surface area contributed by atoms with E-state index in [4.69, 9.17) is 11.6 Å². The van der Waals surface area contributed by atoms with Crippen LogP contribution in [0.5, 0.6) is 0 Å². The maximum atomic E-state index is 12.5. The zero-order valence-electron chi connectivity index (χ0n) is 11.7. The molecule has 1 aliphatic rings. The third-order valence-corrected chi connectivity index (χ3v) is 4.79. The molecule has 0 aliphatic carbocycles. The molecule has 1 aliphatic heterocycles. The first kappa shape index (κ1) is 13.7. The SMILES string of the molecule is Cn1nc2c(c1NC(=O)c1cn3cc(Cl)ccc3n1)CSC2. The lowest BCUT2D eigenvalue weighted by molar-refractivity contribution is 0.102. The lowest BCUT2D eigenvalue weighted by atomic mass is 10.3. The molecule has 4 heterocycles. The molecule has 8 heteroatoms. The van der Waals surface area contributed by atoms with Gasteiger partial charge in [-0.05, 0) is 12.1 Å². The first-order valence-corrected chi connectivity index (χ1v) is 8.23. The molecule has 4 rings (SSSR count). The highest BCUT2D eigenvalue weighted by atomic mass is 35.5. The Hall–Kier alpha value is -1.99. The maximum absolute atomic E-state index is 12.5. The zero-order chi connectivity index (χ0) is 15.3. The summed E-state index contributed by atoms with van der Waals surface area (Å²) in [4.78, 5) is 16.8. The highest BCUT2D eigenvalue weighted by Gasteiger charge is 2.23. The summed E-state index contributed by atoms with van der Waals surface area (Å²) in [5.41, 5.74) is 3.18. The molecule has 6 nitrogen and oxygen atoms in total. The Bertz CT molecular complexity index is 900. The predicted molar refractivity (Wildman–Crippen MR) is 86.4 cm³/mol. The minimum absolute atomic E-state index is 0.248. The highest BCUT2D eigenvalue weighted by Crippen LogP contribution is 2.34. The van der Waals surface area contributed by atoms with Gasteiger partial charge in [0.25, 0.3) is 5.91 Å². The largest absolute Gasteiger partial charge is 0.305 e. The minimum Gasteiger partial charge on any atom is -0.305 e. The first-order valence-electron chi connectivity index (χ1n) is 6.70. The lowest BCUT2D eigenvalue weighted by Gasteiger charge is -2.05. The van der Waals surface area contributed by atoms with Gasteiger partial charge in [-0.25, -0.2) is 4.98 Å². The lowest BCUT2D eigenvalue weighted by Crippen LogP contribution is -2.16. The van der Waals surface area contributed by atoms with E-state index in [2.05, 4.69) is 15.4 Å². The molecule has 0 unspecified atom stereocenters. The fourth-order valence-corrected chi connectivity index (χ4v) is 3.75. The number of imidazole rings is 1. The summed E-state index contributed by atoms with van der Waals surface area (Å²) in [5, 5.41) is 7.95. The molecule has 22 heavy (non-hydrogen) atoms. The Morgan fingerprint density at radius 1 is 1.36 bits per heavy atom. The average molecular weight is 334 g/mol. The van der Waals surface area contributed by atoms with Crippen LogP contribution in [0.3, 0.4) is 0 Å². The molecule has 0 bridgehead atoms. The van der Waals surface area contributed by atoms with Crippen molar-refractivity contribution in [1.29, 1.82) is 0 Å². The van der Waals surface area contributed by atoms with Gasteiger partial charge in [-0.1, -0.05) is 11.6 Å². The number of carbonyl (C=O) groups is 1. The molecule has 1 N–H and O–H groups in total. The second-order valence-corrected chi connectivity index (χ2v) is 6.51. The molecular weight excluding hydrogens is 322 g/mol. The number of hydrogen-bond donors (Lipinski definition) is 1. The average Bonchev–Trinajstić information content (AvgIpc) is 3.15. The number of halogens is 1. The van der Waals surface area contributed by atoms with Crippen LogP contribution in [0.2, 0.25) is 5.02 Å². The summed E-state index contributed by atoms with van der Waals surface area (Å²) in [5.74, 6) is 2.27. The van der Waals surface area contributed by atoms with Crippen LogP contribution >= 0.6 is 23.4 Å². The number of pyridine rings is 1. The topological polar surface area (TPSA) is 64.2 Å². The number of nitrogens with one attached hydrogen (secondary N) is 1. The molecule has 112 valence electrons. The molecular formula is C14H12ClN5OS. The van der Waals surface area contributed by atoms with E-state index in [1.54, 1.807) is 45.4 Å². The van der Waals surface area contributed by atoms with Crippen LogP contribution in [-0.4, -0.2) is 25.1 Å². The van der Waals surface area contributed by atoms with Crippen LogP contribution in [0.1, 0.15) is 21.7 Å². The second kappa shape index (κ2) is 5.03. The van der Waals surface area contributed by atoms with Crippen molar-refractivity contribution in [3.63, 3.8) is 0 Å².